The molecule has 2 unspecified atom stereocenters. The van der Waals surface area contributed by atoms with Gasteiger partial charge in [-0.3, -0.25) is 4.98 Å². The van der Waals surface area contributed by atoms with Gasteiger partial charge in [-0.05, 0) is 38.8 Å². The Morgan fingerprint density at radius 1 is 1.40 bits per heavy atom. The van der Waals surface area contributed by atoms with Crippen molar-refractivity contribution in [2.75, 3.05) is 0 Å². The van der Waals surface area contributed by atoms with Crippen LogP contribution < -0.4 is 5.32 Å². The van der Waals surface area contributed by atoms with Gasteiger partial charge in [0.1, 0.15) is 0 Å². The summed E-state index contributed by atoms with van der Waals surface area (Å²) in [6.07, 6.45) is 2.39. The van der Waals surface area contributed by atoms with Crippen molar-refractivity contribution in [1.29, 1.82) is 0 Å². The van der Waals surface area contributed by atoms with E-state index in [4.69, 9.17) is 0 Å². The molecule has 0 saturated heterocycles. The minimum absolute atomic E-state index is 0.251. The summed E-state index contributed by atoms with van der Waals surface area (Å²) in [4.78, 5) is 4.30. The highest BCUT2D eigenvalue weighted by atomic mass is 16.3. The largest absolute Gasteiger partial charge is 0.393 e. The SMILES string of the molecule is Cc1ccc(CNC(C)CC(C)O)nc1. The third-order valence-corrected chi connectivity index (χ3v) is 2.30. The molecule has 0 aliphatic carbocycles. The number of aliphatic hydroxyl groups is 1. The van der Waals surface area contributed by atoms with E-state index in [0.717, 1.165) is 18.7 Å². The number of nitrogens with zero attached hydrogens (tertiary/aromatic N) is 1. The number of hydrogen-bond acceptors (Lipinski definition) is 3. The highest BCUT2D eigenvalue weighted by Crippen LogP contribution is 2.01. The maximum Gasteiger partial charge on any atom is 0.0541 e. The quantitative estimate of drug-likeness (QED) is 0.773. The second kappa shape index (κ2) is 5.83. The molecule has 0 bridgehead atoms. The molecular formula is C12H20N2O. The lowest BCUT2D eigenvalue weighted by molar-refractivity contribution is 0.170. The van der Waals surface area contributed by atoms with Crippen molar-refractivity contribution in [3.63, 3.8) is 0 Å². The molecule has 0 radical (unpaired) electrons. The lowest BCUT2D eigenvalue weighted by Crippen LogP contribution is -2.29. The Balaban J connectivity index is 2.33. The van der Waals surface area contributed by atoms with Crippen LogP contribution in [0.25, 0.3) is 0 Å². The second-order valence-electron chi connectivity index (χ2n) is 4.19. The zero-order valence-electron chi connectivity index (χ0n) is 9.70. The Morgan fingerprint density at radius 2 is 2.13 bits per heavy atom. The van der Waals surface area contributed by atoms with Gasteiger partial charge in [-0.2, -0.15) is 0 Å². The van der Waals surface area contributed by atoms with Crippen LogP contribution in [0.5, 0.6) is 0 Å². The van der Waals surface area contributed by atoms with Crippen LogP contribution in [0, 0.1) is 6.92 Å². The molecule has 1 aromatic heterocycles. The van der Waals surface area contributed by atoms with Gasteiger partial charge in [-0.25, -0.2) is 0 Å². The predicted octanol–water partition coefficient (Wildman–Crippen LogP) is 1.64. The van der Waals surface area contributed by atoms with Gasteiger partial charge in [0.25, 0.3) is 0 Å². The topological polar surface area (TPSA) is 45.1 Å². The molecule has 84 valence electrons. The molecule has 15 heavy (non-hydrogen) atoms. The molecule has 3 nitrogen and oxygen atoms in total. The van der Waals surface area contributed by atoms with Crippen molar-refractivity contribution in [2.45, 2.75) is 45.9 Å². The normalized spacial score (nSPS) is 14.9. The fraction of sp³-hybridized carbons (Fsp3) is 0.583. The van der Waals surface area contributed by atoms with Crippen molar-refractivity contribution in [2.24, 2.45) is 0 Å². The summed E-state index contributed by atoms with van der Waals surface area (Å²) in [7, 11) is 0. The number of hydrogen-bond donors (Lipinski definition) is 2. The first-order valence-electron chi connectivity index (χ1n) is 5.41. The van der Waals surface area contributed by atoms with E-state index in [2.05, 4.69) is 23.3 Å². The minimum atomic E-state index is -0.251. The number of aliphatic hydroxyl groups excluding tert-OH is 1. The zero-order chi connectivity index (χ0) is 11.3. The minimum Gasteiger partial charge on any atom is -0.393 e. The predicted molar refractivity (Wildman–Crippen MR) is 61.6 cm³/mol. The molecule has 0 fully saturated rings. The number of rotatable bonds is 5. The molecule has 1 rings (SSSR count). The Morgan fingerprint density at radius 3 is 2.67 bits per heavy atom. The Bertz CT molecular complexity index is 282. The molecule has 0 aromatic carbocycles. The van der Waals surface area contributed by atoms with Crippen LogP contribution in [-0.4, -0.2) is 22.2 Å². The van der Waals surface area contributed by atoms with E-state index in [1.54, 1.807) is 0 Å². The van der Waals surface area contributed by atoms with E-state index in [-0.39, 0.29) is 6.10 Å². The van der Waals surface area contributed by atoms with Crippen LogP contribution in [0.2, 0.25) is 0 Å². The number of nitrogens with one attached hydrogen (secondary N) is 1. The summed E-state index contributed by atoms with van der Waals surface area (Å²) in [6, 6.07) is 4.40. The van der Waals surface area contributed by atoms with Crippen molar-refractivity contribution >= 4 is 0 Å². The lowest BCUT2D eigenvalue weighted by atomic mass is 10.1. The third kappa shape index (κ3) is 4.91. The molecule has 0 amide bonds. The van der Waals surface area contributed by atoms with Gasteiger partial charge in [0.2, 0.25) is 0 Å². The molecule has 0 aliphatic rings. The van der Waals surface area contributed by atoms with Gasteiger partial charge in [0, 0.05) is 18.8 Å². The van der Waals surface area contributed by atoms with Crippen molar-refractivity contribution in [3.05, 3.63) is 29.6 Å². The van der Waals surface area contributed by atoms with Gasteiger partial charge < -0.3 is 10.4 Å². The molecule has 0 spiro atoms. The average molecular weight is 208 g/mol. The standard InChI is InChI=1S/C12H20N2O/c1-9-4-5-12(14-7-9)8-13-10(2)6-11(3)15/h4-5,7,10-11,13,15H,6,8H2,1-3H3. The maximum atomic E-state index is 9.20. The summed E-state index contributed by atoms with van der Waals surface area (Å²) in [6.45, 7) is 6.66. The first-order valence-corrected chi connectivity index (χ1v) is 5.41. The molecule has 0 saturated carbocycles. The molecule has 2 N–H and O–H groups in total. The van der Waals surface area contributed by atoms with E-state index in [9.17, 15) is 5.11 Å². The number of aromatic nitrogens is 1. The third-order valence-electron chi connectivity index (χ3n) is 2.30. The monoisotopic (exact) mass is 208 g/mol. The van der Waals surface area contributed by atoms with Crippen molar-refractivity contribution in [1.82, 2.24) is 10.3 Å². The van der Waals surface area contributed by atoms with Gasteiger partial charge in [-0.1, -0.05) is 6.07 Å². The van der Waals surface area contributed by atoms with E-state index in [0.29, 0.717) is 6.04 Å². The van der Waals surface area contributed by atoms with Crippen LogP contribution in [-0.2, 0) is 6.54 Å². The number of aryl methyl sites for hydroxylation is 1. The first-order chi connectivity index (χ1) is 7.08. The lowest BCUT2D eigenvalue weighted by Gasteiger charge is -2.14. The van der Waals surface area contributed by atoms with Crippen LogP contribution in [0.1, 0.15) is 31.5 Å². The van der Waals surface area contributed by atoms with E-state index in [1.807, 2.05) is 26.1 Å². The van der Waals surface area contributed by atoms with Crippen molar-refractivity contribution < 1.29 is 5.11 Å². The first kappa shape index (κ1) is 12.1. The summed E-state index contributed by atoms with van der Waals surface area (Å²) >= 11 is 0. The summed E-state index contributed by atoms with van der Waals surface area (Å²) in [5.41, 5.74) is 2.22. The van der Waals surface area contributed by atoms with E-state index < -0.39 is 0 Å². The van der Waals surface area contributed by atoms with Crippen LogP contribution in [0.4, 0.5) is 0 Å². The van der Waals surface area contributed by atoms with E-state index in [1.165, 1.54) is 5.56 Å². The van der Waals surface area contributed by atoms with E-state index >= 15 is 0 Å². The fourth-order valence-electron chi connectivity index (χ4n) is 1.48. The highest BCUT2D eigenvalue weighted by Gasteiger charge is 2.05. The van der Waals surface area contributed by atoms with Crippen LogP contribution in [0.15, 0.2) is 18.3 Å². The summed E-state index contributed by atoms with van der Waals surface area (Å²) in [5.74, 6) is 0. The summed E-state index contributed by atoms with van der Waals surface area (Å²) < 4.78 is 0. The second-order valence-corrected chi connectivity index (χ2v) is 4.19. The molecular weight excluding hydrogens is 188 g/mol. The highest BCUT2D eigenvalue weighted by molar-refractivity contribution is 5.11. The molecule has 0 aliphatic heterocycles. The fourth-order valence-corrected chi connectivity index (χ4v) is 1.48. The Kier molecular flexibility index (Phi) is 4.72. The zero-order valence-corrected chi connectivity index (χ0v) is 9.70. The van der Waals surface area contributed by atoms with Gasteiger partial charge >= 0.3 is 0 Å². The average Bonchev–Trinajstić information content (AvgIpc) is 2.16. The van der Waals surface area contributed by atoms with Gasteiger partial charge in [0.05, 0.1) is 11.8 Å². The Hall–Kier alpha value is -0.930. The van der Waals surface area contributed by atoms with Crippen molar-refractivity contribution in [3.8, 4) is 0 Å². The molecule has 2 atom stereocenters. The van der Waals surface area contributed by atoms with Crippen LogP contribution >= 0.6 is 0 Å². The molecule has 1 aromatic rings. The Labute approximate surface area is 91.5 Å². The molecule has 3 heteroatoms. The number of pyridine rings is 1. The van der Waals surface area contributed by atoms with Gasteiger partial charge in [0.15, 0.2) is 0 Å². The summed E-state index contributed by atoms with van der Waals surface area (Å²) in [5, 5.41) is 12.5. The maximum absolute atomic E-state index is 9.20. The smallest absolute Gasteiger partial charge is 0.0541 e. The molecule has 1 heterocycles. The van der Waals surface area contributed by atoms with Gasteiger partial charge in [-0.15, -0.1) is 0 Å². The van der Waals surface area contributed by atoms with Crippen LogP contribution in [0.3, 0.4) is 0 Å².